The van der Waals surface area contributed by atoms with Crippen LogP contribution in [0, 0.1) is 10.1 Å². The number of ketones is 1. The highest BCUT2D eigenvalue weighted by Gasteiger charge is 2.45. The van der Waals surface area contributed by atoms with Crippen LogP contribution in [0.3, 0.4) is 0 Å². The molecule has 1 unspecified atom stereocenters. The zero-order chi connectivity index (χ0) is 15.6. The van der Waals surface area contributed by atoms with E-state index < -0.39 is 24.2 Å². The predicted octanol–water partition coefficient (Wildman–Crippen LogP) is 2.71. The third-order valence-corrected chi connectivity index (χ3v) is 7.63. The first-order valence-electron chi connectivity index (χ1n) is 5.90. The molecule has 0 aliphatic heterocycles. The number of nitro groups is 1. The van der Waals surface area contributed by atoms with Crippen LogP contribution < -0.4 is 0 Å². The Morgan fingerprint density at radius 3 is 2.15 bits per heavy atom. The molecule has 1 aromatic carbocycles. The van der Waals surface area contributed by atoms with E-state index in [1.807, 2.05) is 0 Å². The number of alkyl halides is 1. The Kier molecular flexibility index (Phi) is 5.04. The molecule has 110 valence electrons. The summed E-state index contributed by atoms with van der Waals surface area (Å²) in [5.74, 6) is -0.790. The number of carbonyl (C=O) groups excluding carboxylic acids is 1. The van der Waals surface area contributed by atoms with Crippen LogP contribution in [-0.4, -0.2) is 28.5 Å². The number of sulfone groups is 1. The van der Waals surface area contributed by atoms with Crippen molar-refractivity contribution in [2.45, 2.75) is 23.9 Å². The number of hydrogen-bond acceptors (Lipinski definition) is 5. The summed E-state index contributed by atoms with van der Waals surface area (Å²) >= 11 is 3.04. The lowest BCUT2D eigenvalue weighted by Gasteiger charge is -2.23. The molecule has 20 heavy (non-hydrogen) atoms. The maximum Gasteiger partial charge on any atom is 0.269 e. The largest absolute Gasteiger partial charge is 0.291 e. The van der Waals surface area contributed by atoms with Crippen LogP contribution >= 0.6 is 15.9 Å². The maximum absolute atomic E-state index is 12.4. The average Bonchev–Trinajstić information content (AvgIpc) is 2.45. The second-order valence-corrected chi connectivity index (χ2v) is 8.50. The van der Waals surface area contributed by atoms with Gasteiger partial charge in [0.15, 0.2) is 19.3 Å². The number of nitro benzene ring substituents is 1. The third-order valence-electron chi connectivity index (χ3n) is 3.01. The van der Waals surface area contributed by atoms with Gasteiger partial charge in [0.05, 0.1) is 4.92 Å². The van der Waals surface area contributed by atoms with Crippen molar-refractivity contribution in [1.29, 1.82) is 0 Å². The molecule has 0 bridgehead atoms. The zero-order valence-electron chi connectivity index (χ0n) is 11.0. The highest BCUT2D eigenvalue weighted by atomic mass is 79.9. The lowest BCUT2D eigenvalue weighted by atomic mass is 10.1. The van der Waals surface area contributed by atoms with E-state index in [0.29, 0.717) is 0 Å². The van der Waals surface area contributed by atoms with Gasteiger partial charge in [-0.25, -0.2) is 8.42 Å². The van der Waals surface area contributed by atoms with Crippen LogP contribution in [-0.2, 0) is 9.84 Å². The van der Waals surface area contributed by atoms with Crippen LogP contribution in [0.2, 0.25) is 0 Å². The standard InChI is InChI=1S/C12H14BrNO5S/c1-3-12(13,20(18,19)4-2)11(15)9-5-7-10(8-6-9)14(16)17/h5-8H,3-4H2,1-2H3. The van der Waals surface area contributed by atoms with Gasteiger partial charge in [-0.05, 0) is 18.6 Å². The molecule has 0 N–H and O–H groups in total. The minimum atomic E-state index is -3.65. The summed E-state index contributed by atoms with van der Waals surface area (Å²) in [4.78, 5) is 22.4. The summed E-state index contributed by atoms with van der Waals surface area (Å²) in [5, 5.41) is 10.6. The van der Waals surface area contributed by atoms with Crippen molar-refractivity contribution < 1.29 is 18.1 Å². The van der Waals surface area contributed by atoms with Gasteiger partial charge in [0.2, 0.25) is 0 Å². The van der Waals surface area contributed by atoms with Gasteiger partial charge in [-0.3, -0.25) is 14.9 Å². The first-order chi connectivity index (χ1) is 9.19. The fourth-order valence-corrected chi connectivity index (χ4v) is 3.91. The van der Waals surface area contributed by atoms with Crippen LogP contribution in [0.1, 0.15) is 30.6 Å². The Labute approximate surface area is 125 Å². The van der Waals surface area contributed by atoms with Gasteiger partial charge in [-0.1, -0.05) is 29.8 Å². The molecule has 0 amide bonds. The minimum Gasteiger partial charge on any atom is -0.291 e. The molecule has 0 aromatic heterocycles. The monoisotopic (exact) mass is 363 g/mol. The molecule has 0 saturated carbocycles. The molecule has 0 heterocycles. The van der Waals surface area contributed by atoms with Gasteiger partial charge < -0.3 is 0 Å². The van der Waals surface area contributed by atoms with Crippen molar-refractivity contribution in [3.05, 3.63) is 39.9 Å². The molecule has 0 radical (unpaired) electrons. The second kappa shape index (κ2) is 6.01. The SMILES string of the molecule is CCC(Br)(C(=O)c1ccc([N+](=O)[O-])cc1)S(=O)(=O)CC. The molecule has 1 aromatic rings. The fraction of sp³-hybridized carbons (Fsp3) is 0.417. The molecule has 8 heteroatoms. The predicted molar refractivity (Wildman–Crippen MR) is 78.8 cm³/mol. The Balaban J connectivity index is 3.25. The number of halogens is 1. The zero-order valence-corrected chi connectivity index (χ0v) is 13.4. The molecule has 1 rings (SSSR count). The average molecular weight is 364 g/mol. The van der Waals surface area contributed by atoms with Crippen LogP contribution in [0.4, 0.5) is 5.69 Å². The van der Waals surface area contributed by atoms with Crippen molar-refractivity contribution in [1.82, 2.24) is 0 Å². The smallest absolute Gasteiger partial charge is 0.269 e. The van der Waals surface area contributed by atoms with Crippen molar-refractivity contribution in [2.75, 3.05) is 5.75 Å². The van der Waals surface area contributed by atoms with Crippen molar-refractivity contribution >= 4 is 37.2 Å². The summed E-state index contributed by atoms with van der Waals surface area (Å²) in [5.41, 5.74) is -0.0390. The molecule has 0 aliphatic rings. The molecule has 0 saturated heterocycles. The van der Waals surface area contributed by atoms with Crippen LogP contribution in [0.15, 0.2) is 24.3 Å². The topological polar surface area (TPSA) is 94.3 Å². The normalized spacial score (nSPS) is 14.6. The number of rotatable bonds is 6. The first kappa shape index (κ1) is 16.8. The van der Waals surface area contributed by atoms with E-state index in [9.17, 15) is 23.3 Å². The molecular formula is C12H14BrNO5S. The van der Waals surface area contributed by atoms with E-state index >= 15 is 0 Å². The highest BCUT2D eigenvalue weighted by molar-refractivity contribution is 9.12. The lowest BCUT2D eigenvalue weighted by Crippen LogP contribution is -2.41. The molecule has 6 nitrogen and oxygen atoms in total. The van der Waals surface area contributed by atoms with Crippen LogP contribution in [0.25, 0.3) is 0 Å². The number of non-ortho nitro benzene ring substituents is 1. The van der Waals surface area contributed by atoms with Crippen molar-refractivity contribution in [3.63, 3.8) is 0 Å². The number of carbonyl (C=O) groups is 1. The van der Waals surface area contributed by atoms with Gasteiger partial charge in [0.1, 0.15) is 0 Å². The Bertz CT molecular complexity index is 626. The van der Waals surface area contributed by atoms with Gasteiger partial charge in [0.25, 0.3) is 5.69 Å². The Morgan fingerprint density at radius 2 is 1.80 bits per heavy atom. The number of nitrogens with zero attached hydrogens (tertiary/aromatic N) is 1. The lowest BCUT2D eigenvalue weighted by molar-refractivity contribution is -0.384. The van der Waals surface area contributed by atoms with Gasteiger partial charge in [0, 0.05) is 23.4 Å². The van der Waals surface area contributed by atoms with E-state index in [-0.39, 0.29) is 23.4 Å². The molecule has 0 aliphatic carbocycles. The number of hydrogen-bond donors (Lipinski definition) is 0. The molecule has 0 fully saturated rings. The quantitative estimate of drug-likeness (QED) is 0.335. The van der Waals surface area contributed by atoms with Gasteiger partial charge in [-0.15, -0.1) is 0 Å². The van der Waals surface area contributed by atoms with E-state index in [2.05, 4.69) is 15.9 Å². The second-order valence-electron chi connectivity index (χ2n) is 4.12. The summed E-state index contributed by atoms with van der Waals surface area (Å²) < 4.78 is 22.4. The highest BCUT2D eigenvalue weighted by Crippen LogP contribution is 2.34. The molecular weight excluding hydrogens is 350 g/mol. The molecule has 1 atom stereocenters. The number of benzene rings is 1. The molecule has 0 spiro atoms. The van der Waals surface area contributed by atoms with Gasteiger partial charge >= 0.3 is 0 Å². The van der Waals surface area contributed by atoms with Crippen molar-refractivity contribution in [3.8, 4) is 0 Å². The summed E-state index contributed by atoms with van der Waals surface area (Å²) in [6, 6.07) is 4.87. The number of Topliss-reactive ketones (excluding diaryl/α,β-unsaturated/α-hetero) is 1. The Hall–Kier alpha value is -1.28. The summed E-state index contributed by atoms with van der Waals surface area (Å²) in [6.07, 6.45) is 0.0684. The van der Waals surface area contributed by atoms with E-state index in [1.54, 1.807) is 6.92 Å². The van der Waals surface area contributed by atoms with E-state index in [0.717, 1.165) is 0 Å². The first-order valence-corrected chi connectivity index (χ1v) is 8.34. The summed E-state index contributed by atoms with van der Waals surface area (Å²) in [7, 11) is -3.65. The van der Waals surface area contributed by atoms with Crippen LogP contribution in [0.5, 0.6) is 0 Å². The van der Waals surface area contributed by atoms with Gasteiger partial charge in [-0.2, -0.15) is 0 Å². The van der Waals surface area contributed by atoms with E-state index in [4.69, 9.17) is 0 Å². The summed E-state index contributed by atoms with van der Waals surface area (Å²) in [6.45, 7) is 3.05. The minimum absolute atomic E-state index is 0.0684. The third kappa shape index (κ3) is 2.90. The van der Waals surface area contributed by atoms with E-state index in [1.165, 1.54) is 31.2 Å². The Morgan fingerprint density at radius 1 is 1.30 bits per heavy atom. The fourth-order valence-electron chi connectivity index (χ4n) is 1.70. The van der Waals surface area contributed by atoms with Crippen molar-refractivity contribution in [2.24, 2.45) is 0 Å². The maximum atomic E-state index is 12.4.